The van der Waals surface area contributed by atoms with Gasteiger partial charge in [0.25, 0.3) is 11.8 Å². The number of oxazole rings is 2. The molecule has 16 heteroatoms. The van der Waals surface area contributed by atoms with Crippen LogP contribution in [0, 0.1) is 13.8 Å². The summed E-state index contributed by atoms with van der Waals surface area (Å²) in [5.74, 6) is 0.585. The van der Waals surface area contributed by atoms with Gasteiger partial charge in [0.1, 0.15) is 45.8 Å². The molecular formula is C32H35N7O7S2. The summed E-state index contributed by atoms with van der Waals surface area (Å²) in [5, 5.41) is 10.3. The molecule has 0 spiro atoms. The summed E-state index contributed by atoms with van der Waals surface area (Å²) >= 11 is 2.63. The monoisotopic (exact) mass is 693 g/mol. The van der Waals surface area contributed by atoms with Crippen LogP contribution in [0.25, 0.3) is 33.9 Å². The van der Waals surface area contributed by atoms with Crippen molar-refractivity contribution < 1.29 is 32.7 Å². The largest absolute Gasteiger partial charge is 0.445 e. The van der Waals surface area contributed by atoms with Gasteiger partial charge in [0.15, 0.2) is 10.7 Å². The zero-order valence-electron chi connectivity index (χ0n) is 27.0. The molecule has 3 amide bonds. The van der Waals surface area contributed by atoms with Crippen molar-refractivity contribution in [2.24, 2.45) is 5.73 Å². The Kier molecular flexibility index (Phi) is 10.5. The van der Waals surface area contributed by atoms with E-state index in [1.54, 1.807) is 40.0 Å². The number of nitrogens with zero attached hydrogens (tertiary/aromatic N) is 4. The number of benzene rings is 1. The molecular weight excluding hydrogens is 659 g/mol. The number of amides is 3. The number of primary amides is 1. The van der Waals surface area contributed by atoms with Gasteiger partial charge in [0, 0.05) is 17.3 Å². The van der Waals surface area contributed by atoms with Crippen molar-refractivity contribution in [1.29, 1.82) is 0 Å². The third-order valence-corrected chi connectivity index (χ3v) is 8.43. The number of aromatic nitrogens is 4. The molecule has 0 aliphatic carbocycles. The highest BCUT2D eigenvalue weighted by molar-refractivity contribution is 7.13. The summed E-state index contributed by atoms with van der Waals surface area (Å²) in [4.78, 5) is 54.6. The molecule has 4 N–H and O–H groups in total. The fourth-order valence-corrected chi connectivity index (χ4v) is 6.07. The molecule has 0 unspecified atom stereocenters. The molecule has 0 saturated carbocycles. The van der Waals surface area contributed by atoms with Crippen molar-refractivity contribution in [3.63, 3.8) is 0 Å². The number of thiazole rings is 2. The van der Waals surface area contributed by atoms with Crippen LogP contribution < -0.4 is 16.4 Å². The number of hydrogen-bond donors (Lipinski definition) is 3. The van der Waals surface area contributed by atoms with Crippen LogP contribution in [0.5, 0.6) is 0 Å². The van der Waals surface area contributed by atoms with Gasteiger partial charge in [-0.3, -0.25) is 4.79 Å². The predicted octanol–water partition coefficient (Wildman–Crippen LogP) is 6.56. The second-order valence-corrected chi connectivity index (χ2v) is 13.4. The van der Waals surface area contributed by atoms with E-state index in [9.17, 15) is 14.4 Å². The summed E-state index contributed by atoms with van der Waals surface area (Å²) in [5.41, 5.74) is 7.10. The van der Waals surface area contributed by atoms with Crippen LogP contribution in [0.4, 0.5) is 9.59 Å². The lowest BCUT2D eigenvalue weighted by Gasteiger charge is -2.23. The first-order valence-electron chi connectivity index (χ1n) is 15.0. The van der Waals surface area contributed by atoms with Crippen LogP contribution in [-0.4, -0.2) is 50.2 Å². The fraction of sp³-hybridized carbons (Fsp3) is 0.344. The third-order valence-electron chi connectivity index (χ3n) is 6.64. The van der Waals surface area contributed by atoms with Crippen LogP contribution in [0.15, 0.2) is 49.9 Å². The van der Waals surface area contributed by atoms with Crippen LogP contribution in [0.2, 0.25) is 0 Å². The molecule has 252 valence electrons. The van der Waals surface area contributed by atoms with Gasteiger partial charge in [-0.15, -0.1) is 22.7 Å². The summed E-state index contributed by atoms with van der Waals surface area (Å²) in [6, 6.07) is 8.91. The Morgan fingerprint density at radius 3 is 2.35 bits per heavy atom. The maximum atomic E-state index is 12.7. The zero-order valence-corrected chi connectivity index (χ0v) is 28.6. The first-order chi connectivity index (χ1) is 22.9. The number of nitrogens with two attached hydrogens (primary N) is 1. The highest BCUT2D eigenvalue weighted by Gasteiger charge is 2.25. The Balaban J connectivity index is 1.26. The SMILES string of the molecule is Cc1oc(-c2csc(-c3nc(-c4csc([C@H](CCCNC(=O)OCc5ccccc5)NC(=O)OC(C)(C)C)n4)c(C)o3)n2)nc1C(N)=O. The van der Waals surface area contributed by atoms with Crippen LogP contribution >= 0.6 is 22.7 Å². The Morgan fingerprint density at radius 1 is 0.917 bits per heavy atom. The van der Waals surface area contributed by atoms with Gasteiger partial charge >= 0.3 is 12.2 Å². The third kappa shape index (κ3) is 8.83. The maximum Gasteiger partial charge on any atom is 0.408 e. The van der Waals surface area contributed by atoms with Gasteiger partial charge in [-0.05, 0) is 53.0 Å². The average molecular weight is 694 g/mol. The van der Waals surface area contributed by atoms with Gasteiger partial charge in [-0.2, -0.15) is 0 Å². The lowest BCUT2D eigenvalue weighted by atomic mass is 10.1. The van der Waals surface area contributed by atoms with E-state index in [-0.39, 0.29) is 24.1 Å². The van der Waals surface area contributed by atoms with Gasteiger partial charge in [-0.25, -0.2) is 29.5 Å². The minimum Gasteiger partial charge on any atom is -0.445 e. The van der Waals surface area contributed by atoms with Crippen molar-refractivity contribution in [1.82, 2.24) is 30.6 Å². The van der Waals surface area contributed by atoms with Crippen molar-refractivity contribution >= 4 is 40.8 Å². The number of rotatable bonds is 12. The molecule has 14 nitrogen and oxygen atoms in total. The summed E-state index contributed by atoms with van der Waals surface area (Å²) in [6.45, 7) is 9.23. The lowest BCUT2D eigenvalue weighted by molar-refractivity contribution is 0.0499. The zero-order chi connectivity index (χ0) is 34.4. The highest BCUT2D eigenvalue weighted by atomic mass is 32.1. The number of ether oxygens (including phenoxy) is 2. The molecule has 5 aromatic rings. The molecule has 5 rings (SSSR count). The first kappa shape index (κ1) is 34.3. The van der Waals surface area contributed by atoms with Crippen molar-refractivity contribution in [2.45, 2.75) is 65.7 Å². The van der Waals surface area contributed by atoms with Gasteiger partial charge in [-0.1, -0.05) is 30.3 Å². The normalized spacial score (nSPS) is 12.0. The Hall–Kier alpha value is -5.09. The van der Waals surface area contributed by atoms with E-state index in [4.69, 9.17) is 29.0 Å². The van der Waals surface area contributed by atoms with Gasteiger partial charge < -0.3 is 34.7 Å². The Labute approximate surface area is 284 Å². The average Bonchev–Trinajstić information content (AvgIpc) is 3.83. The summed E-state index contributed by atoms with van der Waals surface area (Å²) < 4.78 is 22.3. The van der Waals surface area contributed by atoms with E-state index in [1.807, 2.05) is 35.7 Å². The number of aryl methyl sites for hydroxylation is 2. The molecule has 0 bridgehead atoms. The minimum absolute atomic E-state index is 0.0465. The van der Waals surface area contributed by atoms with E-state index in [0.29, 0.717) is 58.0 Å². The maximum absolute atomic E-state index is 12.7. The quantitative estimate of drug-likeness (QED) is 0.120. The van der Waals surface area contributed by atoms with Crippen molar-refractivity contribution in [3.8, 4) is 33.9 Å². The van der Waals surface area contributed by atoms with E-state index >= 15 is 0 Å². The molecule has 0 aliphatic rings. The number of carbonyl (C=O) groups is 3. The topological polar surface area (TPSA) is 198 Å². The van der Waals surface area contributed by atoms with Gasteiger partial charge in [0.05, 0.1) is 6.04 Å². The van der Waals surface area contributed by atoms with Crippen molar-refractivity contribution in [3.05, 3.63) is 68.9 Å². The molecule has 1 atom stereocenters. The van der Waals surface area contributed by atoms with Crippen LogP contribution in [-0.2, 0) is 16.1 Å². The molecule has 4 heterocycles. The predicted molar refractivity (Wildman–Crippen MR) is 178 cm³/mol. The Bertz CT molecular complexity index is 1890. The molecule has 4 aromatic heterocycles. The van der Waals surface area contributed by atoms with E-state index in [0.717, 1.165) is 5.56 Å². The van der Waals surface area contributed by atoms with Crippen molar-refractivity contribution in [2.75, 3.05) is 6.54 Å². The highest BCUT2D eigenvalue weighted by Crippen LogP contribution is 2.34. The molecule has 48 heavy (non-hydrogen) atoms. The molecule has 1 aromatic carbocycles. The number of alkyl carbamates (subject to hydrolysis) is 2. The second kappa shape index (κ2) is 14.8. The van der Waals surface area contributed by atoms with Crippen LogP contribution in [0.3, 0.4) is 0 Å². The molecule has 0 radical (unpaired) electrons. The number of carbonyl (C=O) groups excluding carboxylic acids is 3. The van der Waals surface area contributed by atoms with Crippen LogP contribution in [0.1, 0.15) is 72.2 Å². The minimum atomic E-state index is -0.688. The van der Waals surface area contributed by atoms with E-state index in [2.05, 4.69) is 25.6 Å². The lowest BCUT2D eigenvalue weighted by Crippen LogP contribution is -2.35. The number of nitrogens with one attached hydrogen (secondary N) is 2. The summed E-state index contributed by atoms with van der Waals surface area (Å²) in [6.07, 6.45) is -0.112. The standard InChI is InChI=1S/C32H35N7O7S2/c1-17-23(38-27(45-17)29-36-22(16-48-29)26-39-24(25(33)40)18(2)44-26)21-15-47-28(35-21)20(37-31(42)46-32(3,4)5)12-9-13-34-30(41)43-14-19-10-7-6-8-11-19/h6-8,10-11,15-16,20H,9,12-14H2,1-5H3,(H2,33,40)(H,34,41)(H,37,42)/t20-/m0/s1. The smallest absolute Gasteiger partial charge is 0.408 e. The number of hydrogen-bond acceptors (Lipinski definition) is 13. The van der Waals surface area contributed by atoms with Gasteiger partial charge in [0.2, 0.25) is 5.89 Å². The molecule has 0 saturated heterocycles. The second-order valence-electron chi connectivity index (χ2n) is 11.7. The van der Waals surface area contributed by atoms with E-state index < -0.39 is 29.7 Å². The van der Waals surface area contributed by atoms with E-state index in [1.165, 1.54) is 22.7 Å². The molecule has 0 fully saturated rings. The summed E-state index contributed by atoms with van der Waals surface area (Å²) in [7, 11) is 0. The fourth-order valence-electron chi connectivity index (χ4n) is 4.46. The molecule has 0 aliphatic heterocycles. The Morgan fingerprint density at radius 2 is 1.65 bits per heavy atom. The first-order valence-corrected chi connectivity index (χ1v) is 16.7.